The first kappa shape index (κ1) is 18.8. The van der Waals surface area contributed by atoms with Gasteiger partial charge < -0.3 is 10.2 Å². The molecular formula is C13H31N3O2S. The predicted molar refractivity (Wildman–Crippen MR) is 81.9 cm³/mol. The van der Waals surface area contributed by atoms with Gasteiger partial charge in [-0.1, -0.05) is 20.8 Å². The number of hydrogen-bond acceptors (Lipinski definition) is 4. The molecule has 0 fully saturated rings. The molecule has 0 rings (SSSR count). The van der Waals surface area contributed by atoms with Gasteiger partial charge in [0.15, 0.2) is 0 Å². The molecule has 0 unspecified atom stereocenters. The molecule has 6 heteroatoms. The van der Waals surface area contributed by atoms with Gasteiger partial charge in [-0.15, -0.1) is 0 Å². The first-order valence-corrected chi connectivity index (χ1v) is 8.66. The van der Waals surface area contributed by atoms with Crippen LogP contribution in [-0.2, 0) is 10.0 Å². The topological polar surface area (TPSA) is 61.4 Å². The summed E-state index contributed by atoms with van der Waals surface area (Å²) in [5.41, 5.74) is -0.0585. The third-order valence-corrected chi connectivity index (χ3v) is 4.12. The number of sulfonamides is 1. The molecule has 0 amide bonds. The zero-order valence-corrected chi connectivity index (χ0v) is 13.9. The number of nitrogens with one attached hydrogen (secondary N) is 2. The minimum atomic E-state index is -3.15. The summed E-state index contributed by atoms with van der Waals surface area (Å²) in [5.74, 6) is 0.196. The van der Waals surface area contributed by atoms with E-state index in [-0.39, 0.29) is 11.2 Å². The van der Waals surface area contributed by atoms with E-state index in [1.807, 2.05) is 14.1 Å². The van der Waals surface area contributed by atoms with Gasteiger partial charge in [-0.2, -0.15) is 0 Å². The summed E-state index contributed by atoms with van der Waals surface area (Å²) < 4.78 is 26.4. The van der Waals surface area contributed by atoms with Crippen LogP contribution in [-0.4, -0.2) is 59.3 Å². The Bertz CT molecular complexity index is 327. The molecule has 0 aliphatic rings. The van der Waals surface area contributed by atoms with Crippen molar-refractivity contribution in [2.45, 2.75) is 33.6 Å². The summed E-state index contributed by atoms with van der Waals surface area (Å²) in [6.45, 7) is 9.28. The minimum Gasteiger partial charge on any atom is -0.317 e. The largest absolute Gasteiger partial charge is 0.317 e. The SMILES string of the molecule is CCCNCCCS(=O)(=O)NCC(C)(C)CN(C)C. The molecule has 0 aliphatic carbocycles. The molecule has 0 atom stereocenters. The van der Waals surface area contributed by atoms with Gasteiger partial charge in [-0.05, 0) is 45.4 Å². The lowest BCUT2D eigenvalue weighted by Crippen LogP contribution is -2.40. The summed E-state index contributed by atoms with van der Waals surface area (Å²) >= 11 is 0. The molecule has 0 heterocycles. The summed E-state index contributed by atoms with van der Waals surface area (Å²) in [5, 5.41) is 3.21. The van der Waals surface area contributed by atoms with Crippen LogP contribution in [0.5, 0.6) is 0 Å². The van der Waals surface area contributed by atoms with Crippen LogP contribution in [0.4, 0.5) is 0 Å². The van der Waals surface area contributed by atoms with Crippen molar-refractivity contribution in [1.82, 2.24) is 14.9 Å². The second-order valence-electron chi connectivity index (χ2n) is 6.15. The van der Waals surface area contributed by atoms with E-state index in [2.05, 4.69) is 35.7 Å². The van der Waals surface area contributed by atoms with Crippen molar-refractivity contribution in [3.8, 4) is 0 Å². The molecule has 0 bridgehead atoms. The maximum atomic E-state index is 11.8. The van der Waals surface area contributed by atoms with Crippen molar-refractivity contribution >= 4 is 10.0 Å². The van der Waals surface area contributed by atoms with Gasteiger partial charge >= 0.3 is 0 Å². The van der Waals surface area contributed by atoms with Crippen molar-refractivity contribution in [3.05, 3.63) is 0 Å². The minimum absolute atomic E-state index is 0.0585. The summed E-state index contributed by atoms with van der Waals surface area (Å²) in [6.07, 6.45) is 1.73. The quantitative estimate of drug-likeness (QED) is 0.555. The molecule has 0 aromatic rings. The number of rotatable bonds is 11. The highest BCUT2D eigenvalue weighted by molar-refractivity contribution is 7.89. The Hall–Kier alpha value is -0.170. The van der Waals surface area contributed by atoms with Gasteiger partial charge in [0.25, 0.3) is 0 Å². The third-order valence-electron chi connectivity index (χ3n) is 2.71. The molecule has 0 aromatic heterocycles. The highest BCUT2D eigenvalue weighted by atomic mass is 32.2. The molecule has 0 spiro atoms. The lowest BCUT2D eigenvalue weighted by Gasteiger charge is -2.28. The molecule has 0 saturated carbocycles. The summed E-state index contributed by atoms with van der Waals surface area (Å²) in [7, 11) is 0.845. The Morgan fingerprint density at radius 1 is 1.16 bits per heavy atom. The molecule has 2 N–H and O–H groups in total. The molecule has 116 valence electrons. The summed E-state index contributed by atoms with van der Waals surface area (Å²) in [6, 6.07) is 0. The van der Waals surface area contributed by atoms with E-state index < -0.39 is 10.0 Å². The van der Waals surface area contributed by atoms with Crippen LogP contribution in [0.3, 0.4) is 0 Å². The average Bonchev–Trinajstić information content (AvgIpc) is 2.25. The second kappa shape index (κ2) is 8.89. The average molecular weight is 293 g/mol. The molecule has 0 saturated heterocycles. The van der Waals surface area contributed by atoms with Gasteiger partial charge in [0.05, 0.1) is 5.75 Å². The lowest BCUT2D eigenvalue weighted by atomic mass is 9.93. The Morgan fingerprint density at radius 3 is 2.32 bits per heavy atom. The van der Waals surface area contributed by atoms with Crippen molar-refractivity contribution in [2.75, 3.05) is 46.0 Å². The van der Waals surface area contributed by atoms with Crippen molar-refractivity contribution in [3.63, 3.8) is 0 Å². The highest BCUT2D eigenvalue weighted by Crippen LogP contribution is 2.14. The van der Waals surface area contributed by atoms with Gasteiger partial charge in [0.1, 0.15) is 0 Å². The van der Waals surface area contributed by atoms with E-state index in [0.29, 0.717) is 13.0 Å². The fourth-order valence-corrected chi connectivity index (χ4v) is 3.26. The summed E-state index contributed by atoms with van der Waals surface area (Å²) in [4.78, 5) is 2.07. The Balaban J connectivity index is 3.96. The standard InChI is InChI=1S/C13H31N3O2S/c1-6-8-14-9-7-10-19(17,18)15-11-13(2,3)12-16(4)5/h14-15H,6-12H2,1-5H3. The van der Waals surface area contributed by atoms with E-state index in [1.165, 1.54) is 0 Å². The first-order chi connectivity index (χ1) is 8.68. The van der Waals surface area contributed by atoms with Gasteiger partial charge in [0, 0.05) is 13.1 Å². The maximum Gasteiger partial charge on any atom is 0.211 e. The maximum absolute atomic E-state index is 11.8. The van der Waals surface area contributed by atoms with Crippen LogP contribution in [0.1, 0.15) is 33.6 Å². The number of nitrogens with zero attached hydrogens (tertiary/aromatic N) is 1. The van der Waals surface area contributed by atoms with E-state index in [4.69, 9.17) is 0 Å². The number of hydrogen-bond donors (Lipinski definition) is 2. The fourth-order valence-electron chi connectivity index (χ4n) is 1.98. The van der Waals surface area contributed by atoms with Crippen LogP contribution < -0.4 is 10.0 Å². The van der Waals surface area contributed by atoms with E-state index in [9.17, 15) is 8.42 Å². The van der Waals surface area contributed by atoms with Crippen molar-refractivity contribution < 1.29 is 8.42 Å². The zero-order chi connectivity index (χ0) is 14.9. The Kier molecular flexibility index (Phi) is 8.81. The van der Waals surface area contributed by atoms with Crippen molar-refractivity contribution in [2.24, 2.45) is 5.41 Å². The van der Waals surface area contributed by atoms with Crippen LogP contribution in [0.25, 0.3) is 0 Å². The van der Waals surface area contributed by atoms with Crippen LogP contribution in [0.2, 0.25) is 0 Å². The Labute approximate surface area is 119 Å². The van der Waals surface area contributed by atoms with Gasteiger partial charge in [-0.25, -0.2) is 13.1 Å². The van der Waals surface area contributed by atoms with Gasteiger partial charge in [0.2, 0.25) is 10.0 Å². The first-order valence-electron chi connectivity index (χ1n) is 7.01. The third kappa shape index (κ3) is 11.4. The highest BCUT2D eigenvalue weighted by Gasteiger charge is 2.21. The van der Waals surface area contributed by atoms with E-state index in [0.717, 1.165) is 26.1 Å². The molecule has 0 aliphatic heterocycles. The van der Waals surface area contributed by atoms with E-state index in [1.54, 1.807) is 0 Å². The van der Waals surface area contributed by atoms with Gasteiger partial charge in [-0.3, -0.25) is 0 Å². The van der Waals surface area contributed by atoms with E-state index >= 15 is 0 Å². The zero-order valence-electron chi connectivity index (χ0n) is 13.1. The molecule has 0 aromatic carbocycles. The second-order valence-corrected chi connectivity index (χ2v) is 8.07. The Morgan fingerprint density at radius 2 is 1.79 bits per heavy atom. The molecule has 5 nitrogen and oxygen atoms in total. The predicted octanol–water partition coefficient (Wildman–Crippen LogP) is 0.883. The monoisotopic (exact) mass is 293 g/mol. The fraction of sp³-hybridized carbons (Fsp3) is 1.00. The lowest BCUT2D eigenvalue weighted by molar-refractivity contribution is 0.242. The van der Waals surface area contributed by atoms with Crippen LogP contribution in [0.15, 0.2) is 0 Å². The van der Waals surface area contributed by atoms with Crippen molar-refractivity contribution in [1.29, 1.82) is 0 Å². The molecular weight excluding hydrogens is 262 g/mol. The molecule has 0 radical (unpaired) electrons. The molecule has 19 heavy (non-hydrogen) atoms. The van der Waals surface area contributed by atoms with Crippen LogP contribution >= 0.6 is 0 Å². The van der Waals surface area contributed by atoms with Crippen LogP contribution in [0, 0.1) is 5.41 Å². The smallest absolute Gasteiger partial charge is 0.211 e. The normalized spacial score (nSPS) is 13.2.